The van der Waals surface area contributed by atoms with Crippen molar-refractivity contribution in [1.29, 1.82) is 0 Å². The van der Waals surface area contributed by atoms with Gasteiger partial charge in [-0.3, -0.25) is 4.72 Å². The molecule has 0 amide bonds. The van der Waals surface area contributed by atoms with E-state index in [-0.39, 0.29) is 9.92 Å². The maximum Gasteiger partial charge on any atom is 0.263 e. The number of benzene rings is 2. The lowest BCUT2D eigenvalue weighted by Gasteiger charge is -2.11. The molecule has 7 heteroatoms. The van der Waals surface area contributed by atoms with E-state index in [1.165, 1.54) is 6.07 Å². The van der Waals surface area contributed by atoms with E-state index in [9.17, 15) is 8.42 Å². The van der Waals surface area contributed by atoms with Crippen molar-refractivity contribution in [3.8, 4) is 0 Å². The van der Waals surface area contributed by atoms with Gasteiger partial charge in [-0.15, -0.1) is 0 Å². The molecular weight excluding hydrogens is 429 g/mol. The summed E-state index contributed by atoms with van der Waals surface area (Å²) in [5.41, 5.74) is 1.50. The second-order valence-electron chi connectivity index (χ2n) is 4.16. The summed E-state index contributed by atoms with van der Waals surface area (Å²) in [7, 11) is -3.73. The molecule has 0 unspecified atom stereocenters. The smallest absolute Gasteiger partial charge is 0.263 e. The summed E-state index contributed by atoms with van der Waals surface area (Å²) in [6.45, 7) is 1.93. The lowest BCUT2D eigenvalue weighted by Crippen LogP contribution is -2.13. The number of sulfonamides is 1. The molecule has 20 heavy (non-hydrogen) atoms. The van der Waals surface area contributed by atoms with Gasteiger partial charge in [-0.25, -0.2) is 8.42 Å². The van der Waals surface area contributed by atoms with Crippen LogP contribution in [-0.4, -0.2) is 8.42 Å². The van der Waals surface area contributed by atoms with Crippen LogP contribution in [0, 0.1) is 6.92 Å². The van der Waals surface area contributed by atoms with Gasteiger partial charge in [-0.2, -0.15) is 0 Å². The quantitative estimate of drug-likeness (QED) is 0.734. The number of rotatable bonds is 3. The molecule has 0 aromatic heterocycles. The fourth-order valence-electron chi connectivity index (χ4n) is 1.60. The van der Waals surface area contributed by atoms with E-state index in [0.717, 1.165) is 10.0 Å². The first-order valence-corrected chi connectivity index (χ1v) is 8.98. The molecule has 0 aliphatic heterocycles. The monoisotopic (exact) mass is 437 g/mol. The van der Waals surface area contributed by atoms with Crippen LogP contribution in [0.5, 0.6) is 0 Å². The fraction of sp³-hybridized carbons (Fsp3) is 0.0769. The summed E-state index contributed by atoms with van der Waals surface area (Å²) in [5, 5.41) is 0.162. The van der Waals surface area contributed by atoms with Crippen molar-refractivity contribution in [3.63, 3.8) is 0 Å². The fourth-order valence-corrected chi connectivity index (χ4v) is 4.44. The molecule has 0 fully saturated rings. The molecule has 0 aliphatic rings. The van der Waals surface area contributed by atoms with Gasteiger partial charge in [0, 0.05) is 8.95 Å². The topological polar surface area (TPSA) is 46.2 Å². The molecule has 0 radical (unpaired) electrons. The van der Waals surface area contributed by atoms with Gasteiger partial charge < -0.3 is 0 Å². The second kappa shape index (κ2) is 6.05. The van der Waals surface area contributed by atoms with E-state index in [4.69, 9.17) is 11.6 Å². The van der Waals surface area contributed by atoms with Gasteiger partial charge in [-0.05, 0) is 58.7 Å². The molecule has 106 valence electrons. The van der Waals surface area contributed by atoms with Crippen LogP contribution < -0.4 is 4.72 Å². The van der Waals surface area contributed by atoms with Gasteiger partial charge in [0.25, 0.3) is 10.0 Å². The van der Waals surface area contributed by atoms with Gasteiger partial charge >= 0.3 is 0 Å². The maximum absolute atomic E-state index is 12.3. The Morgan fingerprint density at radius 2 is 1.80 bits per heavy atom. The summed E-state index contributed by atoms with van der Waals surface area (Å²) in [5.74, 6) is 0. The van der Waals surface area contributed by atoms with E-state index in [2.05, 4.69) is 36.6 Å². The summed E-state index contributed by atoms with van der Waals surface area (Å²) in [6.07, 6.45) is 0. The third-order valence-electron chi connectivity index (χ3n) is 2.55. The molecule has 0 bridgehead atoms. The third-order valence-corrected chi connectivity index (χ3v) is 5.55. The van der Waals surface area contributed by atoms with Crippen molar-refractivity contribution >= 4 is 59.2 Å². The highest BCUT2D eigenvalue weighted by Crippen LogP contribution is 2.29. The molecule has 2 aromatic carbocycles. The lowest BCUT2D eigenvalue weighted by molar-refractivity contribution is 0.601. The lowest BCUT2D eigenvalue weighted by atomic mass is 10.2. The average molecular weight is 440 g/mol. The predicted octanol–water partition coefficient (Wildman–Crippen LogP) is 4.97. The molecule has 0 aliphatic carbocycles. The molecule has 0 atom stereocenters. The number of halogens is 3. The van der Waals surface area contributed by atoms with Crippen LogP contribution in [0.25, 0.3) is 0 Å². The Labute approximate surface area is 139 Å². The molecule has 3 nitrogen and oxygen atoms in total. The van der Waals surface area contributed by atoms with Crippen molar-refractivity contribution < 1.29 is 8.42 Å². The predicted molar refractivity (Wildman–Crippen MR) is 88.8 cm³/mol. The molecule has 1 N–H and O–H groups in total. The second-order valence-corrected chi connectivity index (χ2v) is 7.99. The van der Waals surface area contributed by atoms with Crippen LogP contribution in [0.1, 0.15) is 5.56 Å². The van der Waals surface area contributed by atoms with Gasteiger partial charge in [0.05, 0.1) is 10.7 Å². The van der Waals surface area contributed by atoms with Crippen molar-refractivity contribution in [2.24, 2.45) is 0 Å². The first-order chi connectivity index (χ1) is 9.29. The number of hydrogen-bond acceptors (Lipinski definition) is 2. The van der Waals surface area contributed by atoms with Crippen LogP contribution in [0.15, 0.2) is 50.2 Å². The van der Waals surface area contributed by atoms with Crippen molar-refractivity contribution in [1.82, 2.24) is 0 Å². The van der Waals surface area contributed by atoms with Gasteiger partial charge in [0.15, 0.2) is 0 Å². The van der Waals surface area contributed by atoms with E-state index in [1.54, 1.807) is 18.2 Å². The highest BCUT2D eigenvalue weighted by atomic mass is 79.9. The Bertz CT molecular complexity index is 763. The third kappa shape index (κ3) is 3.55. The largest absolute Gasteiger partial charge is 0.278 e. The van der Waals surface area contributed by atoms with Crippen molar-refractivity contribution in [2.45, 2.75) is 11.8 Å². The minimum atomic E-state index is -3.73. The molecule has 0 spiro atoms. The van der Waals surface area contributed by atoms with Crippen LogP contribution in [0.4, 0.5) is 5.69 Å². The van der Waals surface area contributed by atoms with Crippen LogP contribution in [0.3, 0.4) is 0 Å². The normalized spacial score (nSPS) is 11.4. The molecule has 0 heterocycles. The Hall–Kier alpha value is -0.560. The van der Waals surface area contributed by atoms with Crippen LogP contribution in [0.2, 0.25) is 5.02 Å². The summed E-state index contributed by atoms with van der Waals surface area (Å²) >= 11 is 12.6. The van der Waals surface area contributed by atoms with Crippen molar-refractivity contribution in [3.05, 3.63) is 55.9 Å². The van der Waals surface area contributed by atoms with Gasteiger partial charge in [-0.1, -0.05) is 33.6 Å². The highest BCUT2D eigenvalue weighted by Gasteiger charge is 2.19. The molecular formula is C13H10Br2ClNO2S. The van der Waals surface area contributed by atoms with Crippen LogP contribution >= 0.6 is 43.5 Å². The van der Waals surface area contributed by atoms with Crippen molar-refractivity contribution in [2.75, 3.05) is 4.72 Å². The molecule has 0 saturated carbocycles. The number of aryl methyl sites for hydroxylation is 1. The first kappa shape index (κ1) is 15.8. The number of anilines is 1. The Balaban J connectivity index is 2.41. The maximum atomic E-state index is 12.3. The highest BCUT2D eigenvalue weighted by molar-refractivity contribution is 9.10. The van der Waals surface area contributed by atoms with E-state index in [1.807, 2.05) is 19.1 Å². The SMILES string of the molecule is Cc1ccc(NS(=O)(=O)c2ccc(Br)cc2Cl)c(Br)c1. The zero-order valence-electron chi connectivity index (χ0n) is 10.3. The average Bonchev–Trinajstić information content (AvgIpc) is 2.32. The minimum Gasteiger partial charge on any atom is -0.278 e. The molecule has 0 saturated heterocycles. The number of hydrogen-bond donors (Lipinski definition) is 1. The summed E-state index contributed by atoms with van der Waals surface area (Å²) in [6, 6.07) is 9.98. The Morgan fingerprint density at radius 1 is 1.10 bits per heavy atom. The van der Waals surface area contributed by atoms with Gasteiger partial charge in [0.2, 0.25) is 0 Å². The molecule has 2 aromatic rings. The number of nitrogens with one attached hydrogen (secondary N) is 1. The van der Waals surface area contributed by atoms with Crippen LogP contribution in [-0.2, 0) is 10.0 Å². The standard InChI is InChI=1S/C13H10Br2ClNO2S/c1-8-2-4-12(10(15)6-8)17-20(18,19)13-5-3-9(14)7-11(13)16/h2-7,17H,1H3. The van der Waals surface area contributed by atoms with E-state index >= 15 is 0 Å². The first-order valence-electron chi connectivity index (χ1n) is 5.53. The van der Waals surface area contributed by atoms with E-state index in [0.29, 0.717) is 10.2 Å². The summed E-state index contributed by atoms with van der Waals surface area (Å²) in [4.78, 5) is 0.0369. The minimum absolute atomic E-state index is 0.0369. The Morgan fingerprint density at radius 3 is 2.40 bits per heavy atom. The van der Waals surface area contributed by atoms with Gasteiger partial charge in [0.1, 0.15) is 4.90 Å². The Kier molecular flexibility index (Phi) is 4.79. The molecule has 2 rings (SSSR count). The summed E-state index contributed by atoms with van der Waals surface area (Å²) < 4.78 is 28.6. The zero-order valence-corrected chi connectivity index (χ0v) is 15.1. The zero-order chi connectivity index (χ0) is 14.9. The van der Waals surface area contributed by atoms with E-state index < -0.39 is 10.0 Å².